The number of hydrogen-bond donors (Lipinski definition) is 0. The molecule has 0 bridgehead atoms. The predicted octanol–water partition coefficient (Wildman–Crippen LogP) is 3.33. The third-order valence-corrected chi connectivity index (χ3v) is 3.04. The van der Waals surface area contributed by atoms with Crippen LogP contribution in [0.25, 0.3) is 0 Å². The Kier molecular flexibility index (Phi) is 7.59. The molecule has 0 aromatic carbocycles. The first-order valence-corrected chi connectivity index (χ1v) is 6.45. The summed E-state index contributed by atoms with van der Waals surface area (Å²) in [6.45, 7) is 10.2. The van der Waals surface area contributed by atoms with Crippen LogP contribution in [0.15, 0.2) is 0 Å². The molecule has 96 valence electrons. The van der Waals surface area contributed by atoms with E-state index in [1.165, 1.54) is 0 Å². The lowest BCUT2D eigenvalue weighted by molar-refractivity contribution is 0.219. The van der Waals surface area contributed by atoms with E-state index in [4.69, 9.17) is 10.5 Å². The summed E-state index contributed by atoms with van der Waals surface area (Å²) in [5, 5.41) is 17.5. The quantitative estimate of drug-likeness (QED) is 0.606. The van der Waals surface area contributed by atoms with Crippen molar-refractivity contribution in [2.45, 2.75) is 59.4 Å². The van der Waals surface area contributed by atoms with Crippen LogP contribution in [0.3, 0.4) is 0 Å². The number of nitriles is 2. The fraction of sp³-hybridized carbons (Fsp3) is 0.857. The van der Waals surface area contributed by atoms with Crippen LogP contribution in [0.5, 0.6) is 0 Å². The highest BCUT2D eigenvalue weighted by Gasteiger charge is 2.16. The number of unbranched alkanes of at least 4 members (excludes halogenated alkanes) is 1. The van der Waals surface area contributed by atoms with Crippen LogP contribution in [-0.4, -0.2) is 24.0 Å². The Morgan fingerprint density at radius 2 is 1.76 bits per heavy atom. The summed E-state index contributed by atoms with van der Waals surface area (Å²) >= 11 is 0. The third kappa shape index (κ3) is 7.77. The van der Waals surface area contributed by atoms with Crippen LogP contribution in [0.1, 0.15) is 53.4 Å². The van der Waals surface area contributed by atoms with Gasteiger partial charge < -0.3 is 0 Å². The lowest BCUT2D eigenvalue weighted by Crippen LogP contribution is -2.32. The Balaban J connectivity index is 3.84. The van der Waals surface area contributed by atoms with Gasteiger partial charge in [0.2, 0.25) is 0 Å². The minimum absolute atomic E-state index is 0.199. The topological polar surface area (TPSA) is 50.8 Å². The monoisotopic (exact) mass is 235 g/mol. The van der Waals surface area contributed by atoms with Crippen molar-refractivity contribution < 1.29 is 0 Å². The molecule has 0 aliphatic heterocycles. The van der Waals surface area contributed by atoms with Gasteiger partial charge in [-0.25, -0.2) is 0 Å². The minimum atomic E-state index is -0.199. The fourth-order valence-electron chi connectivity index (χ4n) is 1.76. The van der Waals surface area contributed by atoms with Gasteiger partial charge in [0.05, 0.1) is 17.6 Å². The summed E-state index contributed by atoms with van der Waals surface area (Å²) in [6, 6.07) is 5.01. The van der Waals surface area contributed by atoms with Gasteiger partial charge in [-0.2, -0.15) is 10.5 Å². The highest BCUT2D eigenvalue weighted by molar-refractivity contribution is 4.91. The van der Waals surface area contributed by atoms with Crippen LogP contribution in [0, 0.1) is 28.1 Å². The van der Waals surface area contributed by atoms with Gasteiger partial charge in [-0.15, -0.1) is 0 Å². The maximum atomic E-state index is 8.91. The summed E-state index contributed by atoms with van der Waals surface area (Å²) in [6.07, 6.45) is 3.74. The first-order valence-electron chi connectivity index (χ1n) is 6.45. The molecular weight excluding hydrogens is 210 g/mol. The molecule has 0 amide bonds. The predicted molar refractivity (Wildman–Crippen MR) is 70.2 cm³/mol. The van der Waals surface area contributed by atoms with E-state index in [2.05, 4.69) is 30.9 Å². The maximum Gasteiger partial charge on any atom is 0.0683 e. The Labute approximate surface area is 106 Å². The molecule has 0 fully saturated rings. The first-order chi connectivity index (χ1) is 7.93. The van der Waals surface area contributed by atoms with Gasteiger partial charge in [-0.1, -0.05) is 6.42 Å². The van der Waals surface area contributed by atoms with Gasteiger partial charge in [0.15, 0.2) is 0 Å². The van der Waals surface area contributed by atoms with Crippen molar-refractivity contribution in [2.75, 3.05) is 13.1 Å². The lowest BCUT2D eigenvalue weighted by Gasteiger charge is -2.25. The van der Waals surface area contributed by atoms with Crippen molar-refractivity contribution >= 4 is 0 Å². The standard InChI is InChI=1S/C14H25N3/c1-13(2)17(11-7-9-15)10-6-5-8-14(3,4)12-16/h13H,5-8,10-11H2,1-4H3. The normalized spacial score (nSPS) is 11.5. The molecule has 0 heterocycles. The van der Waals surface area contributed by atoms with Gasteiger partial charge in [-0.3, -0.25) is 4.90 Å². The van der Waals surface area contributed by atoms with E-state index in [-0.39, 0.29) is 5.41 Å². The largest absolute Gasteiger partial charge is 0.300 e. The van der Waals surface area contributed by atoms with Crippen molar-refractivity contribution in [3.8, 4) is 12.1 Å². The van der Waals surface area contributed by atoms with Crippen LogP contribution in [-0.2, 0) is 0 Å². The molecule has 0 rings (SSSR count). The van der Waals surface area contributed by atoms with E-state index in [0.717, 1.165) is 32.4 Å². The summed E-state index contributed by atoms with van der Waals surface area (Å²) in [7, 11) is 0. The van der Waals surface area contributed by atoms with Gasteiger partial charge in [0.25, 0.3) is 0 Å². The molecule has 3 nitrogen and oxygen atoms in total. The van der Waals surface area contributed by atoms with Crippen molar-refractivity contribution in [2.24, 2.45) is 5.41 Å². The van der Waals surface area contributed by atoms with Crippen molar-refractivity contribution in [1.29, 1.82) is 10.5 Å². The molecule has 17 heavy (non-hydrogen) atoms. The molecule has 0 aliphatic carbocycles. The van der Waals surface area contributed by atoms with Gasteiger partial charge in [-0.05, 0) is 47.1 Å². The molecule has 0 aliphatic rings. The van der Waals surface area contributed by atoms with E-state index in [1.807, 2.05) is 13.8 Å². The SMILES string of the molecule is CC(C)N(CCC#N)CCCCC(C)(C)C#N. The summed E-state index contributed by atoms with van der Waals surface area (Å²) in [4.78, 5) is 2.34. The molecule has 3 heteroatoms. The molecule has 0 unspecified atom stereocenters. The van der Waals surface area contributed by atoms with E-state index in [0.29, 0.717) is 12.5 Å². The molecule has 0 aromatic rings. The maximum absolute atomic E-state index is 8.91. The Bertz CT molecular complexity index is 281. The number of rotatable bonds is 8. The molecule has 0 radical (unpaired) electrons. The first kappa shape index (κ1) is 15.9. The van der Waals surface area contributed by atoms with Gasteiger partial charge in [0, 0.05) is 19.0 Å². The zero-order valence-corrected chi connectivity index (χ0v) is 11.7. The van der Waals surface area contributed by atoms with E-state index in [1.54, 1.807) is 0 Å². The van der Waals surface area contributed by atoms with Gasteiger partial charge >= 0.3 is 0 Å². The fourth-order valence-corrected chi connectivity index (χ4v) is 1.76. The van der Waals surface area contributed by atoms with Crippen LogP contribution in [0.4, 0.5) is 0 Å². The minimum Gasteiger partial charge on any atom is -0.300 e. The van der Waals surface area contributed by atoms with Crippen molar-refractivity contribution in [3.63, 3.8) is 0 Å². The second-order valence-corrected chi connectivity index (χ2v) is 5.49. The average molecular weight is 235 g/mol. The zero-order valence-electron chi connectivity index (χ0n) is 11.7. The zero-order chi connectivity index (χ0) is 13.3. The molecule has 0 spiro atoms. The third-order valence-electron chi connectivity index (χ3n) is 3.04. The highest BCUT2D eigenvalue weighted by atomic mass is 15.1. The average Bonchev–Trinajstić information content (AvgIpc) is 2.27. The number of hydrogen-bond acceptors (Lipinski definition) is 3. The molecule has 0 saturated heterocycles. The van der Waals surface area contributed by atoms with Crippen LogP contribution in [0.2, 0.25) is 0 Å². The van der Waals surface area contributed by atoms with E-state index < -0.39 is 0 Å². The molecule has 0 N–H and O–H groups in total. The van der Waals surface area contributed by atoms with Crippen molar-refractivity contribution in [3.05, 3.63) is 0 Å². The Morgan fingerprint density at radius 1 is 1.12 bits per heavy atom. The summed E-state index contributed by atoms with van der Waals surface area (Å²) in [5.41, 5.74) is -0.199. The van der Waals surface area contributed by atoms with Crippen LogP contribution >= 0.6 is 0 Å². The van der Waals surface area contributed by atoms with Gasteiger partial charge in [0.1, 0.15) is 0 Å². The highest BCUT2D eigenvalue weighted by Crippen LogP contribution is 2.21. The Hall–Kier alpha value is -1.06. The van der Waals surface area contributed by atoms with Crippen molar-refractivity contribution in [1.82, 2.24) is 4.90 Å². The smallest absolute Gasteiger partial charge is 0.0683 e. The van der Waals surface area contributed by atoms with E-state index >= 15 is 0 Å². The summed E-state index contributed by atoms with van der Waals surface area (Å²) in [5.74, 6) is 0. The molecular formula is C14H25N3. The van der Waals surface area contributed by atoms with E-state index in [9.17, 15) is 0 Å². The van der Waals surface area contributed by atoms with Crippen LogP contribution < -0.4 is 0 Å². The number of nitrogens with zero attached hydrogens (tertiary/aromatic N) is 3. The molecule has 0 saturated carbocycles. The molecule has 0 atom stereocenters. The molecule has 0 aromatic heterocycles. The second kappa shape index (κ2) is 8.09. The Morgan fingerprint density at radius 3 is 2.24 bits per heavy atom. The second-order valence-electron chi connectivity index (χ2n) is 5.49. The summed E-state index contributed by atoms with van der Waals surface area (Å²) < 4.78 is 0. The lowest BCUT2D eigenvalue weighted by atomic mass is 9.89.